The average molecular weight is 360 g/mol. The second kappa shape index (κ2) is 8.22. The van der Waals surface area contributed by atoms with E-state index in [1.807, 2.05) is 6.92 Å². The van der Waals surface area contributed by atoms with Gasteiger partial charge in [0.2, 0.25) is 0 Å². The highest BCUT2D eigenvalue weighted by Gasteiger charge is 2.34. The van der Waals surface area contributed by atoms with E-state index in [1.54, 1.807) is 20.8 Å². The van der Waals surface area contributed by atoms with Crippen LogP contribution in [0.1, 0.15) is 55.6 Å². The summed E-state index contributed by atoms with van der Waals surface area (Å²) in [5.74, 6) is -0.570. The molecule has 5 nitrogen and oxygen atoms in total. The third kappa shape index (κ3) is 7.03. The van der Waals surface area contributed by atoms with Crippen molar-refractivity contribution in [1.29, 1.82) is 0 Å². The lowest BCUT2D eigenvalue weighted by molar-refractivity contribution is -0.138. The number of alkyl carbamates (subject to hydrolysis) is 1. The Labute approximate surface area is 144 Å². The smallest absolute Gasteiger partial charge is 0.416 e. The van der Waals surface area contributed by atoms with Gasteiger partial charge in [-0.1, -0.05) is 13.0 Å². The van der Waals surface area contributed by atoms with E-state index in [0.717, 1.165) is 6.07 Å². The summed E-state index contributed by atoms with van der Waals surface area (Å²) in [6, 6.07) is 3.27. The number of nitrogens with one attached hydrogen (secondary N) is 2. The second-order valence-electron chi connectivity index (χ2n) is 6.48. The summed E-state index contributed by atoms with van der Waals surface area (Å²) in [6.45, 7) is 6.81. The largest absolute Gasteiger partial charge is 0.444 e. The first-order valence-electron chi connectivity index (χ1n) is 7.89. The van der Waals surface area contributed by atoms with Gasteiger partial charge < -0.3 is 15.4 Å². The Bertz CT molecular complexity index is 623. The molecule has 0 bridgehead atoms. The molecular weight excluding hydrogens is 337 g/mol. The van der Waals surface area contributed by atoms with Crippen molar-refractivity contribution in [1.82, 2.24) is 10.6 Å². The molecule has 1 aromatic rings. The molecule has 0 atom stereocenters. The Balaban J connectivity index is 2.96. The van der Waals surface area contributed by atoms with Crippen LogP contribution in [0.25, 0.3) is 0 Å². The summed E-state index contributed by atoms with van der Waals surface area (Å²) in [4.78, 5) is 23.5. The first-order valence-corrected chi connectivity index (χ1v) is 7.89. The quantitative estimate of drug-likeness (QED) is 0.838. The van der Waals surface area contributed by atoms with Crippen LogP contribution < -0.4 is 10.6 Å². The zero-order valence-corrected chi connectivity index (χ0v) is 14.7. The molecule has 0 unspecified atom stereocenters. The predicted molar refractivity (Wildman–Crippen MR) is 87.1 cm³/mol. The highest BCUT2D eigenvalue weighted by molar-refractivity contribution is 5.94. The number of carbonyl (C=O) groups is 2. The number of rotatable bonds is 5. The molecule has 0 radical (unpaired) electrons. The van der Waals surface area contributed by atoms with Crippen LogP contribution in [0.2, 0.25) is 0 Å². The molecule has 0 spiro atoms. The Kier molecular flexibility index (Phi) is 6.84. The van der Waals surface area contributed by atoms with E-state index in [0.29, 0.717) is 13.0 Å². The van der Waals surface area contributed by atoms with E-state index < -0.39 is 29.3 Å². The SMILES string of the molecule is CCCNC(=O)c1ccc(CNC(=O)OC(C)(C)C)c(C(F)(F)F)c1. The molecule has 0 aliphatic carbocycles. The maximum absolute atomic E-state index is 13.3. The summed E-state index contributed by atoms with van der Waals surface area (Å²) in [6.07, 6.45) is -4.78. The van der Waals surface area contributed by atoms with E-state index in [1.165, 1.54) is 12.1 Å². The monoisotopic (exact) mass is 360 g/mol. The van der Waals surface area contributed by atoms with Gasteiger partial charge in [0.05, 0.1) is 5.56 Å². The molecule has 1 aromatic carbocycles. The van der Waals surface area contributed by atoms with Crippen LogP contribution in [0.3, 0.4) is 0 Å². The maximum atomic E-state index is 13.3. The Morgan fingerprint density at radius 2 is 1.76 bits per heavy atom. The minimum absolute atomic E-state index is 0.0817. The predicted octanol–water partition coefficient (Wildman–Crippen LogP) is 3.87. The highest BCUT2D eigenvalue weighted by Crippen LogP contribution is 2.32. The molecule has 0 aromatic heterocycles. The molecule has 0 saturated heterocycles. The van der Waals surface area contributed by atoms with E-state index >= 15 is 0 Å². The molecule has 0 fully saturated rings. The van der Waals surface area contributed by atoms with Crippen LogP contribution in [0.4, 0.5) is 18.0 Å². The Morgan fingerprint density at radius 3 is 2.28 bits per heavy atom. The summed E-state index contributed by atoms with van der Waals surface area (Å²) in [5, 5.41) is 4.82. The van der Waals surface area contributed by atoms with Crippen LogP contribution in [-0.2, 0) is 17.5 Å². The summed E-state index contributed by atoms with van der Waals surface area (Å²) < 4.78 is 44.8. The van der Waals surface area contributed by atoms with Crippen molar-refractivity contribution in [2.45, 2.75) is 52.4 Å². The lowest BCUT2D eigenvalue weighted by Crippen LogP contribution is -2.32. The average Bonchev–Trinajstić information content (AvgIpc) is 2.47. The van der Waals surface area contributed by atoms with Gasteiger partial charge in [-0.05, 0) is 44.9 Å². The maximum Gasteiger partial charge on any atom is 0.416 e. The zero-order valence-electron chi connectivity index (χ0n) is 14.7. The van der Waals surface area contributed by atoms with Crippen LogP contribution in [0.15, 0.2) is 18.2 Å². The molecule has 25 heavy (non-hydrogen) atoms. The second-order valence-corrected chi connectivity index (χ2v) is 6.48. The lowest BCUT2D eigenvalue weighted by atomic mass is 10.0. The number of alkyl halides is 3. The third-order valence-electron chi connectivity index (χ3n) is 3.04. The number of ether oxygens (including phenoxy) is 1. The number of hydrogen-bond donors (Lipinski definition) is 2. The van der Waals surface area contributed by atoms with Gasteiger partial charge in [-0.2, -0.15) is 13.2 Å². The van der Waals surface area contributed by atoms with E-state index in [9.17, 15) is 22.8 Å². The van der Waals surface area contributed by atoms with E-state index in [4.69, 9.17) is 4.74 Å². The molecule has 0 aliphatic heterocycles. The van der Waals surface area contributed by atoms with Crippen LogP contribution in [-0.4, -0.2) is 24.1 Å². The molecule has 2 N–H and O–H groups in total. The molecule has 0 heterocycles. The number of carbonyl (C=O) groups excluding carboxylic acids is 2. The fourth-order valence-corrected chi connectivity index (χ4v) is 1.96. The van der Waals surface area contributed by atoms with Gasteiger partial charge in [0, 0.05) is 18.7 Å². The molecule has 8 heteroatoms. The standard InChI is InChI=1S/C17H23F3N2O3/c1-5-8-21-14(23)11-6-7-12(13(9-11)17(18,19)20)10-22-15(24)25-16(2,3)4/h6-7,9H,5,8,10H2,1-4H3,(H,21,23)(H,22,24). The fraction of sp³-hybridized carbons (Fsp3) is 0.529. The summed E-state index contributed by atoms with van der Waals surface area (Å²) >= 11 is 0. The zero-order chi connectivity index (χ0) is 19.3. The number of amides is 2. The van der Waals surface area contributed by atoms with Gasteiger partial charge in [-0.3, -0.25) is 4.79 Å². The van der Waals surface area contributed by atoms with Gasteiger partial charge in [0.15, 0.2) is 0 Å². The van der Waals surface area contributed by atoms with Gasteiger partial charge in [-0.15, -0.1) is 0 Å². The minimum Gasteiger partial charge on any atom is -0.444 e. The van der Waals surface area contributed by atoms with Crippen LogP contribution in [0.5, 0.6) is 0 Å². The van der Waals surface area contributed by atoms with E-state index in [-0.39, 0.29) is 17.7 Å². The van der Waals surface area contributed by atoms with E-state index in [2.05, 4.69) is 10.6 Å². The van der Waals surface area contributed by atoms with Crippen molar-refractivity contribution >= 4 is 12.0 Å². The van der Waals surface area contributed by atoms with Gasteiger partial charge in [-0.25, -0.2) is 4.79 Å². The van der Waals surface area contributed by atoms with Crippen molar-refractivity contribution in [2.24, 2.45) is 0 Å². The Morgan fingerprint density at radius 1 is 1.12 bits per heavy atom. The minimum atomic E-state index is -4.65. The summed E-state index contributed by atoms with van der Waals surface area (Å²) in [5.41, 5.74) is -1.95. The fourth-order valence-electron chi connectivity index (χ4n) is 1.96. The molecule has 0 saturated carbocycles. The summed E-state index contributed by atoms with van der Waals surface area (Å²) in [7, 11) is 0. The van der Waals surface area contributed by atoms with Crippen molar-refractivity contribution in [3.05, 3.63) is 34.9 Å². The first-order chi connectivity index (χ1) is 11.4. The van der Waals surface area contributed by atoms with Crippen molar-refractivity contribution in [3.63, 3.8) is 0 Å². The first kappa shape index (κ1) is 20.8. The number of halogens is 3. The number of benzene rings is 1. The van der Waals surface area contributed by atoms with Gasteiger partial charge >= 0.3 is 12.3 Å². The van der Waals surface area contributed by atoms with Crippen LogP contribution in [0, 0.1) is 0 Å². The normalized spacial score (nSPS) is 11.8. The molecule has 0 aliphatic rings. The van der Waals surface area contributed by atoms with Crippen LogP contribution >= 0.6 is 0 Å². The topological polar surface area (TPSA) is 67.4 Å². The van der Waals surface area contributed by atoms with Crippen molar-refractivity contribution in [3.8, 4) is 0 Å². The number of hydrogen-bond acceptors (Lipinski definition) is 3. The van der Waals surface area contributed by atoms with Crippen molar-refractivity contribution in [2.75, 3.05) is 6.54 Å². The third-order valence-corrected chi connectivity index (χ3v) is 3.04. The molecule has 2 amide bonds. The Hall–Kier alpha value is -2.25. The van der Waals surface area contributed by atoms with Gasteiger partial charge in [0.25, 0.3) is 5.91 Å². The molecule has 1 rings (SSSR count). The lowest BCUT2D eigenvalue weighted by Gasteiger charge is -2.20. The van der Waals surface area contributed by atoms with Gasteiger partial charge in [0.1, 0.15) is 5.60 Å². The highest BCUT2D eigenvalue weighted by atomic mass is 19.4. The molecular formula is C17H23F3N2O3. The molecule has 140 valence electrons. The van der Waals surface area contributed by atoms with Crippen molar-refractivity contribution < 1.29 is 27.5 Å².